The third kappa shape index (κ3) is 4.30. The number of nitrogens with zero attached hydrogens (tertiary/aromatic N) is 1. The maximum absolute atomic E-state index is 12.4. The zero-order valence-corrected chi connectivity index (χ0v) is 14.6. The fourth-order valence-electron chi connectivity index (χ4n) is 3.23. The molecule has 1 saturated heterocycles. The largest absolute Gasteiger partial charge is 0.461 e. The summed E-state index contributed by atoms with van der Waals surface area (Å²) < 4.78 is 5.85. The zero-order valence-electron chi connectivity index (χ0n) is 14.6. The van der Waals surface area contributed by atoms with Crippen molar-refractivity contribution < 1.29 is 19.4 Å². The summed E-state index contributed by atoms with van der Waals surface area (Å²) in [5, 5.41) is 19.5. The van der Waals surface area contributed by atoms with Crippen LogP contribution in [0.2, 0.25) is 0 Å². The number of β-amino-alcohol motifs (C(OH)–C–C–N with tert-alkyl or cyclic N) is 1. The minimum absolute atomic E-state index is 0.0140. The van der Waals surface area contributed by atoms with Crippen molar-refractivity contribution in [1.82, 2.24) is 4.90 Å². The quantitative estimate of drug-likeness (QED) is 0.875. The van der Waals surface area contributed by atoms with Gasteiger partial charge in [0.2, 0.25) is 5.91 Å². The Bertz CT molecular complexity index is 722. The SMILES string of the molecule is Cc1ccc(-c2ccc(CCC(=O)N3CCCC(O)(CO)C3)o2)cc1. The maximum Gasteiger partial charge on any atom is 0.223 e. The molecule has 2 heterocycles. The van der Waals surface area contributed by atoms with Crippen LogP contribution in [0.3, 0.4) is 0 Å². The number of carbonyl (C=O) groups is 1. The lowest BCUT2D eigenvalue weighted by Crippen LogP contribution is -2.52. The molecule has 1 aromatic carbocycles. The number of aliphatic hydroxyl groups is 2. The lowest BCUT2D eigenvalue weighted by atomic mass is 9.93. The second-order valence-electron chi connectivity index (χ2n) is 6.93. The van der Waals surface area contributed by atoms with Gasteiger partial charge in [-0.1, -0.05) is 29.8 Å². The molecule has 1 aliphatic rings. The second kappa shape index (κ2) is 7.42. The van der Waals surface area contributed by atoms with E-state index in [0.717, 1.165) is 17.1 Å². The number of benzene rings is 1. The molecule has 2 aromatic rings. The third-order valence-corrected chi connectivity index (χ3v) is 4.79. The molecule has 0 aliphatic carbocycles. The van der Waals surface area contributed by atoms with Crippen molar-refractivity contribution in [3.05, 3.63) is 47.7 Å². The van der Waals surface area contributed by atoms with Crippen molar-refractivity contribution >= 4 is 5.91 Å². The molecule has 134 valence electrons. The molecular formula is C20H25NO4. The zero-order chi connectivity index (χ0) is 17.9. The lowest BCUT2D eigenvalue weighted by Gasteiger charge is -2.38. The number of amides is 1. The smallest absolute Gasteiger partial charge is 0.223 e. The van der Waals surface area contributed by atoms with Crippen molar-refractivity contribution in [3.8, 4) is 11.3 Å². The molecule has 0 spiro atoms. The van der Waals surface area contributed by atoms with Gasteiger partial charge < -0.3 is 19.5 Å². The predicted molar refractivity (Wildman–Crippen MR) is 95.1 cm³/mol. The topological polar surface area (TPSA) is 73.9 Å². The van der Waals surface area contributed by atoms with Crippen LogP contribution in [0.4, 0.5) is 0 Å². The predicted octanol–water partition coefficient (Wildman–Crippen LogP) is 2.53. The molecule has 0 radical (unpaired) electrons. The van der Waals surface area contributed by atoms with Gasteiger partial charge in [-0.15, -0.1) is 0 Å². The minimum Gasteiger partial charge on any atom is -0.461 e. The average Bonchev–Trinajstić information content (AvgIpc) is 3.09. The van der Waals surface area contributed by atoms with Crippen LogP contribution in [0.1, 0.15) is 30.6 Å². The summed E-state index contributed by atoms with van der Waals surface area (Å²) in [6, 6.07) is 12.0. The molecule has 1 aliphatic heterocycles. The molecule has 3 rings (SSSR count). The van der Waals surface area contributed by atoms with E-state index >= 15 is 0 Å². The van der Waals surface area contributed by atoms with Gasteiger partial charge >= 0.3 is 0 Å². The third-order valence-electron chi connectivity index (χ3n) is 4.79. The van der Waals surface area contributed by atoms with Gasteiger partial charge in [-0.2, -0.15) is 0 Å². The van der Waals surface area contributed by atoms with Gasteiger partial charge in [0.25, 0.3) is 0 Å². The summed E-state index contributed by atoms with van der Waals surface area (Å²) >= 11 is 0. The molecule has 5 nitrogen and oxygen atoms in total. The van der Waals surface area contributed by atoms with Crippen molar-refractivity contribution in [2.24, 2.45) is 0 Å². The Morgan fingerprint density at radius 2 is 2.00 bits per heavy atom. The lowest BCUT2D eigenvalue weighted by molar-refractivity contribution is -0.140. The van der Waals surface area contributed by atoms with Gasteiger partial charge in [-0.3, -0.25) is 4.79 Å². The second-order valence-corrected chi connectivity index (χ2v) is 6.93. The van der Waals surface area contributed by atoms with Crippen molar-refractivity contribution in [2.45, 2.75) is 38.2 Å². The van der Waals surface area contributed by atoms with Crippen LogP contribution in [0.5, 0.6) is 0 Å². The molecule has 5 heteroatoms. The van der Waals surface area contributed by atoms with E-state index in [0.29, 0.717) is 32.2 Å². The number of hydrogen-bond acceptors (Lipinski definition) is 4. The Morgan fingerprint density at radius 1 is 1.24 bits per heavy atom. The highest BCUT2D eigenvalue weighted by atomic mass is 16.3. The van der Waals surface area contributed by atoms with Crippen LogP contribution in [-0.4, -0.2) is 46.3 Å². The van der Waals surface area contributed by atoms with E-state index in [-0.39, 0.29) is 19.1 Å². The number of furan rings is 1. The van der Waals surface area contributed by atoms with Gasteiger partial charge in [-0.25, -0.2) is 0 Å². The van der Waals surface area contributed by atoms with E-state index in [4.69, 9.17) is 4.42 Å². The first-order valence-electron chi connectivity index (χ1n) is 8.76. The van der Waals surface area contributed by atoms with E-state index in [9.17, 15) is 15.0 Å². The number of carbonyl (C=O) groups excluding carboxylic acids is 1. The minimum atomic E-state index is -1.16. The number of rotatable bonds is 5. The van der Waals surface area contributed by atoms with Gasteiger partial charge in [0.1, 0.15) is 17.1 Å². The summed E-state index contributed by atoms with van der Waals surface area (Å²) in [6.07, 6.45) is 2.10. The fraction of sp³-hybridized carbons (Fsp3) is 0.450. The summed E-state index contributed by atoms with van der Waals surface area (Å²) in [6.45, 7) is 2.57. The van der Waals surface area contributed by atoms with Crippen molar-refractivity contribution in [2.75, 3.05) is 19.7 Å². The van der Waals surface area contributed by atoms with Gasteiger partial charge in [0.05, 0.1) is 13.2 Å². The van der Waals surface area contributed by atoms with Crippen LogP contribution in [0.15, 0.2) is 40.8 Å². The number of piperidine rings is 1. The molecule has 1 atom stereocenters. The molecule has 1 fully saturated rings. The molecule has 1 aromatic heterocycles. The normalized spacial score (nSPS) is 20.7. The van der Waals surface area contributed by atoms with Crippen molar-refractivity contribution in [3.63, 3.8) is 0 Å². The van der Waals surface area contributed by atoms with Crippen LogP contribution in [0, 0.1) is 6.92 Å². The Morgan fingerprint density at radius 3 is 2.72 bits per heavy atom. The van der Waals surface area contributed by atoms with Crippen LogP contribution >= 0.6 is 0 Å². The molecule has 25 heavy (non-hydrogen) atoms. The van der Waals surface area contributed by atoms with E-state index < -0.39 is 5.60 Å². The number of aliphatic hydroxyl groups excluding tert-OH is 1. The standard InChI is InChI=1S/C20H25NO4/c1-15-3-5-16(6-4-15)18-9-7-17(25-18)8-10-19(23)21-12-2-11-20(24,13-21)14-22/h3-7,9,22,24H,2,8,10-14H2,1H3. The van der Waals surface area contributed by atoms with E-state index in [1.165, 1.54) is 5.56 Å². The highest BCUT2D eigenvalue weighted by molar-refractivity contribution is 5.76. The highest BCUT2D eigenvalue weighted by Crippen LogP contribution is 2.24. The molecule has 0 bridgehead atoms. The maximum atomic E-state index is 12.4. The first-order valence-corrected chi connectivity index (χ1v) is 8.76. The molecule has 0 saturated carbocycles. The number of aryl methyl sites for hydroxylation is 2. The first-order chi connectivity index (χ1) is 12.0. The molecule has 1 amide bonds. The van der Waals surface area contributed by atoms with Crippen LogP contribution in [0.25, 0.3) is 11.3 Å². The Kier molecular flexibility index (Phi) is 5.25. The Hall–Kier alpha value is -2.11. The Balaban J connectivity index is 1.57. The van der Waals surface area contributed by atoms with Gasteiger partial charge in [0.15, 0.2) is 0 Å². The monoisotopic (exact) mass is 343 g/mol. The summed E-state index contributed by atoms with van der Waals surface area (Å²) in [7, 11) is 0. The fourth-order valence-corrected chi connectivity index (χ4v) is 3.23. The summed E-state index contributed by atoms with van der Waals surface area (Å²) in [5.41, 5.74) is 1.06. The van der Waals surface area contributed by atoms with Gasteiger partial charge in [-0.05, 0) is 31.9 Å². The number of hydrogen-bond donors (Lipinski definition) is 2. The van der Waals surface area contributed by atoms with Crippen molar-refractivity contribution in [1.29, 1.82) is 0 Å². The molecule has 2 N–H and O–H groups in total. The molecule has 1 unspecified atom stereocenters. The first kappa shape index (κ1) is 17.7. The summed E-state index contributed by atoms with van der Waals surface area (Å²) in [5.74, 6) is 1.56. The molecular weight excluding hydrogens is 318 g/mol. The average molecular weight is 343 g/mol. The van der Waals surface area contributed by atoms with Crippen LogP contribution in [-0.2, 0) is 11.2 Å². The van der Waals surface area contributed by atoms with Gasteiger partial charge in [0, 0.05) is 24.9 Å². The number of likely N-dealkylation sites (tertiary alicyclic amines) is 1. The van der Waals surface area contributed by atoms with E-state index in [1.54, 1.807) is 4.90 Å². The Labute approximate surface area is 147 Å². The van der Waals surface area contributed by atoms with Crippen LogP contribution < -0.4 is 0 Å². The van der Waals surface area contributed by atoms with E-state index in [2.05, 4.69) is 0 Å². The summed E-state index contributed by atoms with van der Waals surface area (Å²) in [4.78, 5) is 14.0. The highest BCUT2D eigenvalue weighted by Gasteiger charge is 2.34. The van der Waals surface area contributed by atoms with E-state index in [1.807, 2.05) is 43.3 Å².